The van der Waals surface area contributed by atoms with E-state index in [0.29, 0.717) is 12.8 Å². The van der Waals surface area contributed by atoms with Gasteiger partial charge in [0.25, 0.3) is 6.54 Å². The normalized spacial score (nSPS) is 11.9. The predicted molar refractivity (Wildman–Crippen MR) is 178 cm³/mol. The quantitative estimate of drug-likeness (QED) is 0.0803. The van der Waals surface area contributed by atoms with Crippen LogP contribution in [0.1, 0.15) is 36.0 Å². The van der Waals surface area contributed by atoms with Gasteiger partial charge in [-0.15, -0.1) is 0 Å². The summed E-state index contributed by atoms with van der Waals surface area (Å²) >= 11 is 0. The van der Waals surface area contributed by atoms with E-state index in [2.05, 4.69) is 16.0 Å². The molecular weight excluding hydrogens is 616 g/mol. The van der Waals surface area contributed by atoms with Crippen molar-refractivity contribution in [3.8, 4) is 0 Å². The molecule has 0 saturated carbocycles. The standard InChI is InChI=1S/C36H38N4O8/c41-33(23-40(45)46)31(17-9-10-20-37-35(43)47-24-26-11-3-1-4-12-26)38-34(42)32(39-36(44)48-25-27-13-5-2-6-14-27)22-28-18-19-29-15-7-8-16-30(29)21-28/h1-8,11-16,18-19,21,31-32H,9-10,17,20,22-25H2,(H,37,43)(H,38,42)(H,39,44)/t31-,32-/m0/s1. The molecule has 0 fully saturated rings. The number of unbranched alkanes of at least 4 members (excludes halogenated alkanes) is 1. The molecule has 0 bridgehead atoms. The van der Waals surface area contributed by atoms with Gasteiger partial charge in [0.05, 0.1) is 6.04 Å². The summed E-state index contributed by atoms with van der Waals surface area (Å²) in [4.78, 5) is 61.7. The summed E-state index contributed by atoms with van der Waals surface area (Å²) in [6.45, 7) is -0.646. The Bertz CT molecular complexity index is 1680. The molecule has 4 aromatic rings. The van der Waals surface area contributed by atoms with Crippen molar-refractivity contribution in [2.75, 3.05) is 13.1 Å². The first kappa shape index (κ1) is 35.1. The zero-order valence-electron chi connectivity index (χ0n) is 26.3. The van der Waals surface area contributed by atoms with Crippen LogP contribution in [-0.4, -0.2) is 54.0 Å². The Kier molecular flexibility index (Phi) is 13.4. The average Bonchev–Trinajstić information content (AvgIpc) is 3.09. The number of benzene rings is 4. The van der Waals surface area contributed by atoms with E-state index < -0.39 is 47.4 Å². The van der Waals surface area contributed by atoms with Crippen molar-refractivity contribution >= 4 is 34.6 Å². The summed E-state index contributed by atoms with van der Waals surface area (Å²) in [5, 5.41) is 21.0. The van der Waals surface area contributed by atoms with E-state index in [1.165, 1.54) is 0 Å². The molecule has 4 aromatic carbocycles. The molecule has 0 radical (unpaired) electrons. The van der Waals surface area contributed by atoms with Crippen molar-refractivity contribution < 1.29 is 33.6 Å². The number of hydrogen-bond acceptors (Lipinski definition) is 8. The lowest BCUT2D eigenvalue weighted by atomic mass is 10.00. The van der Waals surface area contributed by atoms with Gasteiger partial charge in [0.2, 0.25) is 11.7 Å². The highest BCUT2D eigenvalue weighted by Crippen LogP contribution is 2.17. The molecule has 0 aromatic heterocycles. The fourth-order valence-electron chi connectivity index (χ4n) is 4.98. The van der Waals surface area contributed by atoms with Crippen LogP contribution in [0, 0.1) is 10.1 Å². The zero-order valence-corrected chi connectivity index (χ0v) is 26.3. The van der Waals surface area contributed by atoms with Gasteiger partial charge in [-0.05, 0) is 46.7 Å². The van der Waals surface area contributed by atoms with Gasteiger partial charge >= 0.3 is 12.2 Å². The molecule has 12 heteroatoms. The number of nitrogens with zero attached hydrogens (tertiary/aromatic N) is 1. The van der Waals surface area contributed by atoms with Crippen LogP contribution in [-0.2, 0) is 38.7 Å². The van der Waals surface area contributed by atoms with Crippen LogP contribution < -0.4 is 16.0 Å². The number of carbonyl (C=O) groups excluding carboxylic acids is 4. The minimum Gasteiger partial charge on any atom is -0.445 e. The monoisotopic (exact) mass is 654 g/mol. The summed E-state index contributed by atoms with van der Waals surface area (Å²) in [6, 6.07) is 29.2. The highest BCUT2D eigenvalue weighted by molar-refractivity contribution is 5.93. The lowest BCUT2D eigenvalue weighted by Crippen LogP contribution is -2.53. The van der Waals surface area contributed by atoms with Crippen LogP contribution in [0.2, 0.25) is 0 Å². The van der Waals surface area contributed by atoms with Crippen LogP contribution in [0.3, 0.4) is 0 Å². The van der Waals surface area contributed by atoms with Gasteiger partial charge in [-0.2, -0.15) is 0 Å². The maximum absolute atomic E-state index is 13.6. The molecule has 0 unspecified atom stereocenters. The maximum atomic E-state index is 13.6. The number of fused-ring (bicyclic) bond motifs is 1. The van der Waals surface area contributed by atoms with E-state index in [-0.39, 0.29) is 32.6 Å². The van der Waals surface area contributed by atoms with Gasteiger partial charge in [0.15, 0.2) is 0 Å². The summed E-state index contributed by atoms with van der Waals surface area (Å²) in [7, 11) is 0. The van der Waals surface area contributed by atoms with Crippen molar-refractivity contribution in [3.05, 3.63) is 130 Å². The molecule has 0 aliphatic rings. The van der Waals surface area contributed by atoms with Crippen LogP contribution in [0.25, 0.3) is 10.8 Å². The first-order chi connectivity index (χ1) is 23.3. The first-order valence-corrected chi connectivity index (χ1v) is 15.6. The molecule has 0 aliphatic heterocycles. The minimum absolute atomic E-state index is 0.0191. The van der Waals surface area contributed by atoms with Crippen molar-refractivity contribution in [2.24, 2.45) is 0 Å². The smallest absolute Gasteiger partial charge is 0.408 e. The highest BCUT2D eigenvalue weighted by atomic mass is 16.6. The van der Waals surface area contributed by atoms with Gasteiger partial charge in [0, 0.05) is 17.9 Å². The minimum atomic E-state index is -1.19. The molecule has 0 aliphatic carbocycles. The summed E-state index contributed by atoms with van der Waals surface area (Å²) < 4.78 is 10.5. The maximum Gasteiger partial charge on any atom is 0.408 e. The van der Waals surface area contributed by atoms with E-state index in [4.69, 9.17) is 9.47 Å². The number of carbonyl (C=O) groups is 4. The fourth-order valence-corrected chi connectivity index (χ4v) is 4.98. The Labute approximate surface area is 278 Å². The molecule has 0 spiro atoms. The average molecular weight is 655 g/mol. The van der Waals surface area contributed by atoms with E-state index in [1.807, 2.05) is 91.0 Å². The Hall–Kier alpha value is -5.78. The number of nitro groups is 1. The van der Waals surface area contributed by atoms with Crippen molar-refractivity contribution in [1.82, 2.24) is 16.0 Å². The Morgan fingerprint density at radius 3 is 1.92 bits per heavy atom. The van der Waals surface area contributed by atoms with Gasteiger partial charge < -0.3 is 25.4 Å². The Morgan fingerprint density at radius 1 is 0.667 bits per heavy atom. The molecule has 3 amide bonds. The number of ether oxygens (including phenoxy) is 2. The number of amides is 3. The lowest BCUT2D eigenvalue weighted by Gasteiger charge is -2.22. The number of rotatable bonds is 17. The number of Topliss-reactive ketones (excluding diaryl/α,β-unsaturated/α-hetero) is 1. The van der Waals surface area contributed by atoms with Gasteiger partial charge in [0.1, 0.15) is 19.3 Å². The molecule has 12 nitrogen and oxygen atoms in total. The van der Waals surface area contributed by atoms with Crippen molar-refractivity contribution in [2.45, 2.75) is 51.0 Å². The van der Waals surface area contributed by atoms with Gasteiger partial charge in [-0.25, -0.2) is 9.59 Å². The van der Waals surface area contributed by atoms with E-state index in [1.54, 1.807) is 12.1 Å². The summed E-state index contributed by atoms with van der Waals surface area (Å²) in [5.41, 5.74) is 2.34. The molecule has 250 valence electrons. The second-order valence-electron chi connectivity index (χ2n) is 11.1. The van der Waals surface area contributed by atoms with E-state index in [0.717, 1.165) is 27.5 Å². The molecule has 2 atom stereocenters. The van der Waals surface area contributed by atoms with E-state index >= 15 is 0 Å². The Morgan fingerprint density at radius 2 is 1.27 bits per heavy atom. The molecule has 4 rings (SSSR count). The predicted octanol–water partition coefficient (Wildman–Crippen LogP) is 5.10. The van der Waals surface area contributed by atoms with E-state index in [9.17, 15) is 29.3 Å². The van der Waals surface area contributed by atoms with Crippen LogP contribution in [0.15, 0.2) is 103 Å². The van der Waals surface area contributed by atoms with Crippen molar-refractivity contribution in [1.29, 1.82) is 0 Å². The lowest BCUT2D eigenvalue weighted by molar-refractivity contribution is -0.467. The largest absolute Gasteiger partial charge is 0.445 e. The number of hydrogen-bond donors (Lipinski definition) is 3. The van der Waals surface area contributed by atoms with Crippen LogP contribution in [0.5, 0.6) is 0 Å². The summed E-state index contributed by atoms with van der Waals surface area (Å²) in [5.74, 6) is -1.47. The third-order valence-corrected chi connectivity index (χ3v) is 7.47. The molecular formula is C36H38N4O8. The third kappa shape index (κ3) is 11.9. The van der Waals surface area contributed by atoms with Crippen molar-refractivity contribution in [3.63, 3.8) is 0 Å². The molecule has 3 N–H and O–H groups in total. The van der Waals surface area contributed by atoms with Crippen LogP contribution >= 0.6 is 0 Å². The van der Waals surface area contributed by atoms with Gasteiger partial charge in [-0.3, -0.25) is 19.7 Å². The first-order valence-electron chi connectivity index (χ1n) is 15.6. The SMILES string of the molecule is O=C(NCCCC[C@H](NC(=O)[C@H](Cc1ccc2ccccc2c1)NC(=O)OCc1ccccc1)C(=O)C[N+](=O)[O-])OCc1ccccc1. The second-order valence-corrected chi connectivity index (χ2v) is 11.1. The fraction of sp³-hybridized carbons (Fsp3) is 0.278. The molecule has 0 heterocycles. The Balaban J connectivity index is 1.37. The number of nitrogens with one attached hydrogen (secondary N) is 3. The molecule has 48 heavy (non-hydrogen) atoms. The summed E-state index contributed by atoms with van der Waals surface area (Å²) in [6.07, 6.45) is -0.505. The molecule has 0 saturated heterocycles. The highest BCUT2D eigenvalue weighted by Gasteiger charge is 2.29. The number of alkyl carbamates (subject to hydrolysis) is 2. The zero-order chi connectivity index (χ0) is 34.1. The second kappa shape index (κ2) is 18.4. The van der Waals surface area contributed by atoms with Crippen LogP contribution in [0.4, 0.5) is 9.59 Å². The van der Waals surface area contributed by atoms with Gasteiger partial charge in [-0.1, -0.05) is 103 Å². The topological polar surface area (TPSA) is 166 Å². The number of ketones is 1. The third-order valence-electron chi connectivity index (χ3n) is 7.47.